The maximum Gasteiger partial charge on any atom is 0.244 e. The van der Waals surface area contributed by atoms with E-state index in [1.807, 2.05) is 6.92 Å². The van der Waals surface area contributed by atoms with E-state index in [1.165, 1.54) is 6.08 Å². The van der Waals surface area contributed by atoms with Gasteiger partial charge in [0.1, 0.15) is 6.17 Å². The molecule has 1 aliphatic rings. The molecule has 3 unspecified atom stereocenters. The number of carbonyl (C=O) groups is 1. The molecule has 2 nitrogen and oxygen atoms in total. The number of amides is 1. The molecule has 128 valence electrons. The van der Waals surface area contributed by atoms with E-state index in [0.29, 0.717) is 16.6 Å². The van der Waals surface area contributed by atoms with Crippen molar-refractivity contribution in [2.45, 2.75) is 25.9 Å². The second-order valence-corrected chi connectivity index (χ2v) is 6.96. The van der Waals surface area contributed by atoms with E-state index < -0.39 is 6.17 Å². The van der Waals surface area contributed by atoms with Crippen LogP contribution in [-0.2, 0) is 4.79 Å². The minimum atomic E-state index is -0.941. The van der Waals surface area contributed by atoms with Gasteiger partial charge >= 0.3 is 0 Å². The molecule has 0 heterocycles. The lowest BCUT2D eigenvalue weighted by atomic mass is 10.1. The molecule has 0 aliphatic heterocycles. The largest absolute Gasteiger partial charge is 0.349 e. The monoisotopic (exact) mass is 367 g/mol. The molecule has 1 aliphatic carbocycles. The zero-order valence-corrected chi connectivity index (χ0v) is 15.2. The lowest BCUT2D eigenvalue weighted by Crippen LogP contribution is -2.22. The summed E-state index contributed by atoms with van der Waals surface area (Å²) < 4.78 is 14.0. The van der Waals surface area contributed by atoms with E-state index >= 15 is 0 Å². The predicted molar refractivity (Wildman–Crippen MR) is 98.3 cm³/mol. The Hall–Kier alpha value is -1.58. The molecule has 0 aromatic heterocycles. The first-order valence-corrected chi connectivity index (χ1v) is 8.43. The van der Waals surface area contributed by atoms with Gasteiger partial charge in [-0.2, -0.15) is 0 Å². The van der Waals surface area contributed by atoms with Crippen molar-refractivity contribution in [1.82, 2.24) is 5.32 Å². The summed E-state index contributed by atoms with van der Waals surface area (Å²) >= 11 is 11.9. The molecule has 1 aromatic rings. The van der Waals surface area contributed by atoms with Crippen molar-refractivity contribution in [3.05, 3.63) is 69.8 Å². The van der Waals surface area contributed by atoms with Gasteiger partial charge in [-0.05, 0) is 37.1 Å². The molecule has 1 fully saturated rings. The lowest BCUT2D eigenvalue weighted by molar-refractivity contribution is -0.116. The Morgan fingerprint density at radius 2 is 2.04 bits per heavy atom. The summed E-state index contributed by atoms with van der Waals surface area (Å²) in [5.41, 5.74) is 2.49. The van der Waals surface area contributed by atoms with Crippen LogP contribution in [0, 0.1) is 5.92 Å². The third-order valence-corrected chi connectivity index (χ3v) is 4.56. The predicted octanol–water partition coefficient (Wildman–Crippen LogP) is 5.24. The van der Waals surface area contributed by atoms with Gasteiger partial charge in [0.15, 0.2) is 0 Å². The van der Waals surface area contributed by atoms with Gasteiger partial charge in [-0.3, -0.25) is 4.79 Å². The van der Waals surface area contributed by atoms with E-state index in [4.69, 9.17) is 23.2 Å². The van der Waals surface area contributed by atoms with Crippen LogP contribution >= 0.6 is 23.2 Å². The van der Waals surface area contributed by atoms with Crippen LogP contribution in [0.15, 0.2) is 54.2 Å². The molecular weight excluding hydrogens is 348 g/mol. The van der Waals surface area contributed by atoms with Crippen molar-refractivity contribution in [3.8, 4) is 0 Å². The van der Waals surface area contributed by atoms with E-state index in [-0.39, 0.29) is 17.7 Å². The van der Waals surface area contributed by atoms with Crippen LogP contribution < -0.4 is 5.32 Å². The smallest absolute Gasteiger partial charge is 0.244 e. The molecule has 1 saturated carbocycles. The number of carbonyl (C=O) groups excluding carboxylic acids is 1. The highest BCUT2D eigenvalue weighted by Crippen LogP contribution is 2.52. The molecule has 2 rings (SSSR count). The molecular formula is C19H20Cl2FNO. The number of nitrogens with one attached hydrogen (secondary N) is 1. The van der Waals surface area contributed by atoms with Gasteiger partial charge in [-0.1, -0.05) is 53.6 Å². The zero-order chi connectivity index (χ0) is 17.9. The Balaban J connectivity index is 1.96. The number of benzene rings is 1. The molecule has 0 saturated heterocycles. The van der Waals surface area contributed by atoms with Crippen LogP contribution in [0.25, 0.3) is 0 Å². The second-order valence-electron chi connectivity index (χ2n) is 6.14. The van der Waals surface area contributed by atoms with Gasteiger partial charge in [0, 0.05) is 24.5 Å². The molecule has 1 aromatic carbocycles. The normalized spacial score (nSPS) is 23.4. The molecule has 1 amide bonds. The van der Waals surface area contributed by atoms with Gasteiger partial charge in [0.2, 0.25) is 5.91 Å². The number of hydrogen-bond acceptors (Lipinski definition) is 1. The number of allylic oxidation sites excluding steroid dienone is 3. The van der Waals surface area contributed by atoms with Gasteiger partial charge in [0.25, 0.3) is 0 Å². The summed E-state index contributed by atoms with van der Waals surface area (Å²) in [5, 5.41) is 3.61. The summed E-state index contributed by atoms with van der Waals surface area (Å²) in [6.07, 6.45) is 4.12. The van der Waals surface area contributed by atoms with Crippen molar-refractivity contribution in [2.75, 3.05) is 6.54 Å². The van der Waals surface area contributed by atoms with Crippen LogP contribution in [0.3, 0.4) is 0 Å². The molecule has 0 radical (unpaired) electrons. The van der Waals surface area contributed by atoms with Crippen LogP contribution in [0.1, 0.15) is 25.3 Å². The maximum atomic E-state index is 14.0. The van der Waals surface area contributed by atoms with Crippen molar-refractivity contribution >= 4 is 29.1 Å². The Morgan fingerprint density at radius 3 is 2.67 bits per heavy atom. The van der Waals surface area contributed by atoms with Crippen molar-refractivity contribution < 1.29 is 9.18 Å². The minimum Gasteiger partial charge on any atom is -0.349 e. The Labute approximate surface area is 152 Å². The fourth-order valence-electron chi connectivity index (χ4n) is 2.45. The van der Waals surface area contributed by atoms with Crippen molar-refractivity contribution in [1.29, 1.82) is 0 Å². The van der Waals surface area contributed by atoms with Gasteiger partial charge in [-0.25, -0.2) is 4.39 Å². The summed E-state index contributed by atoms with van der Waals surface area (Å²) in [5.74, 6) is -0.598. The molecule has 0 bridgehead atoms. The molecule has 3 atom stereocenters. The fourth-order valence-corrected chi connectivity index (χ4v) is 2.76. The fraction of sp³-hybridized carbons (Fsp3) is 0.316. The first-order valence-electron chi connectivity index (χ1n) is 7.67. The van der Waals surface area contributed by atoms with E-state index in [1.54, 1.807) is 37.3 Å². The minimum absolute atomic E-state index is 0.186. The Kier molecular flexibility index (Phi) is 6.25. The average Bonchev–Trinajstić information content (AvgIpc) is 3.16. The third kappa shape index (κ3) is 4.96. The van der Waals surface area contributed by atoms with Crippen LogP contribution in [0.4, 0.5) is 4.39 Å². The molecule has 5 heteroatoms. The van der Waals surface area contributed by atoms with Gasteiger partial charge in [-0.15, -0.1) is 0 Å². The topological polar surface area (TPSA) is 29.1 Å². The quantitative estimate of drug-likeness (QED) is 0.415. The summed E-state index contributed by atoms with van der Waals surface area (Å²) in [4.78, 5) is 11.7. The number of hydrogen-bond donors (Lipinski definition) is 1. The first-order chi connectivity index (χ1) is 11.3. The summed E-state index contributed by atoms with van der Waals surface area (Å²) in [6, 6.07) is 5.19. The SMILES string of the molecule is C=C(C)CNC(=O)C=C(C)C=CC1C(F)C1c1ccc(Cl)c(Cl)c1. The Morgan fingerprint density at radius 1 is 1.33 bits per heavy atom. The van der Waals surface area contributed by atoms with E-state index in [9.17, 15) is 9.18 Å². The van der Waals surface area contributed by atoms with E-state index in [0.717, 1.165) is 16.7 Å². The average molecular weight is 368 g/mol. The molecule has 24 heavy (non-hydrogen) atoms. The highest BCUT2D eigenvalue weighted by atomic mass is 35.5. The van der Waals surface area contributed by atoms with Crippen molar-refractivity contribution in [2.24, 2.45) is 5.92 Å². The summed E-state index contributed by atoms with van der Waals surface area (Å²) in [6.45, 7) is 7.82. The summed E-state index contributed by atoms with van der Waals surface area (Å²) in [7, 11) is 0. The van der Waals surface area contributed by atoms with Crippen LogP contribution in [0.2, 0.25) is 10.0 Å². The third-order valence-electron chi connectivity index (χ3n) is 3.82. The van der Waals surface area contributed by atoms with Crippen LogP contribution in [0.5, 0.6) is 0 Å². The second kappa shape index (κ2) is 8.00. The standard InChI is InChI=1S/C19H20Cl2FNO/c1-11(2)10-23-17(24)8-12(3)4-6-14-18(19(14)22)13-5-7-15(20)16(21)9-13/h4-9,14,18-19H,1,10H2,2-3H3,(H,23,24). The zero-order valence-electron chi connectivity index (χ0n) is 13.7. The highest BCUT2D eigenvalue weighted by molar-refractivity contribution is 6.42. The molecule has 1 N–H and O–H groups in total. The Bertz CT molecular complexity index is 711. The maximum absolute atomic E-state index is 14.0. The van der Waals surface area contributed by atoms with Gasteiger partial charge in [0.05, 0.1) is 10.0 Å². The number of halogens is 3. The highest BCUT2D eigenvalue weighted by Gasteiger charge is 2.50. The van der Waals surface area contributed by atoms with Gasteiger partial charge < -0.3 is 5.32 Å². The number of alkyl halides is 1. The first kappa shape index (κ1) is 18.8. The van der Waals surface area contributed by atoms with E-state index in [2.05, 4.69) is 11.9 Å². The molecule has 0 spiro atoms. The van der Waals surface area contributed by atoms with Crippen molar-refractivity contribution in [3.63, 3.8) is 0 Å². The number of rotatable bonds is 6. The van der Waals surface area contributed by atoms with Crippen LogP contribution in [-0.4, -0.2) is 18.6 Å². The lowest BCUT2D eigenvalue weighted by Gasteiger charge is -2.01.